The number of amides is 1. The fourth-order valence-electron chi connectivity index (χ4n) is 4.20. The van der Waals surface area contributed by atoms with Crippen LogP contribution in [0, 0.1) is 5.92 Å². The van der Waals surface area contributed by atoms with E-state index in [-0.39, 0.29) is 23.1 Å². The van der Waals surface area contributed by atoms with Gasteiger partial charge < -0.3 is 0 Å². The van der Waals surface area contributed by atoms with Crippen molar-refractivity contribution in [3.8, 4) is 0 Å². The van der Waals surface area contributed by atoms with E-state index in [1.165, 1.54) is 0 Å². The number of fused-ring (bicyclic) bond motifs is 5. The summed E-state index contributed by atoms with van der Waals surface area (Å²) >= 11 is 0. The van der Waals surface area contributed by atoms with E-state index >= 15 is 0 Å². The molecule has 1 amide bonds. The van der Waals surface area contributed by atoms with Gasteiger partial charge in [-0.2, -0.15) is 0 Å². The molecule has 3 heteroatoms. The summed E-state index contributed by atoms with van der Waals surface area (Å²) in [6.07, 6.45) is 0.768. The average molecular weight is 305 g/mol. The van der Waals surface area contributed by atoms with Crippen LogP contribution in [0.2, 0.25) is 0 Å². The van der Waals surface area contributed by atoms with Crippen LogP contribution < -0.4 is 4.90 Å². The molecule has 2 aliphatic heterocycles. The first-order valence-corrected chi connectivity index (χ1v) is 8.04. The van der Waals surface area contributed by atoms with Gasteiger partial charge in [0.25, 0.3) is 5.91 Å². The molecule has 1 atom stereocenters. The van der Waals surface area contributed by atoms with Gasteiger partial charge in [0.05, 0.1) is 5.54 Å². The van der Waals surface area contributed by atoms with Crippen molar-refractivity contribution in [1.82, 2.24) is 0 Å². The Morgan fingerprint density at radius 2 is 1.91 bits per heavy atom. The Hall–Kier alpha value is -2.42. The van der Waals surface area contributed by atoms with Gasteiger partial charge in [0.15, 0.2) is 5.78 Å². The van der Waals surface area contributed by atoms with Crippen LogP contribution in [0.5, 0.6) is 0 Å². The molecule has 0 unspecified atom stereocenters. The van der Waals surface area contributed by atoms with Gasteiger partial charge in [0, 0.05) is 23.2 Å². The number of ketones is 1. The maximum Gasteiger partial charge on any atom is 0.259 e. The average Bonchev–Trinajstić information content (AvgIpc) is 3.00. The number of rotatable bonds is 2. The molecule has 23 heavy (non-hydrogen) atoms. The quantitative estimate of drug-likeness (QED) is 0.788. The van der Waals surface area contributed by atoms with Crippen molar-refractivity contribution in [2.24, 2.45) is 5.92 Å². The van der Waals surface area contributed by atoms with Gasteiger partial charge >= 0.3 is 0 Å². The lowest BCUT2D eigenvalue weighted by molar-refractivity contribution is 0.0968. The van der Waals surface area contributed by atoms with Crippen LogP contribution in [0.1, 0.15) is 52.6 Å². The number of nitrogens with zero attached hydrogens (tertiary/aromatic N) is 1. The van der Waals surface area contributed by atoms with Gasteiger partial charge in [-0.3, -0.25) is 14.5 Å². The highest BCUT2D eigenvalue weighted by atomic mass is 16.2. The Bertz CT molecular complexity index is 852. The van der Waals surface area contributed by atoms with E-state index in [9.17, 15) is 9.59 Å². The van der Waals surface area contributed by atoms with Crippen LogP contribution in [0.25, 0.3) is 0 Å². The van der Waals surface area contributed by atoms with E-state index in [1.54, 1.807) is 6.92 Å². The summed E-state index contributed by atoms with van der Waals surface area (Å²) in [5, 5.41) is 0. The molecule has 0 radical (unpaired) electrons. The number of Topliss-reactive ketones (excluding diaryl/α,β-unsaturated/α-hetero) is 1. The van der Waals surface area contributed by atoms with E-state index in [4.69, 9.17) is 0 Å². The van der Waals surface area contributed by atoms with E-state index in [0.29, 0.717) is 5.56 Å². The predicted octanol–water partition coefficient (Wildman–Crippen LogP) is 3.96. The maximum absolute atomic E-state index is 13.0. The molecule has 0 aromatic heterocycles. The van der Waals surface area contributed by atoms with Crippen molar-refractivity contribution < 1.29 is 9.59 Å². The number of carbonyl (C=O) groups excluding carboxylic acids is 2. The van der Waals surface area contributed by atoms with Crippen LogP contribution in [0.4, 0.5) is 5.69 Å². The number of hydrogen-bond donors (Lipinski definition) is 0. The summed E-state index contributed by atoms with van der Waals surface area (Å²) in [6.45, 7) is 5.91. The molecule has 0 bridgehead atoms. The second kappa shape index (κ2) is 4.54. The summed E-state index contributed by atoms with van der Waals surface area (Å²) in [7, 11) is 0. The van der Waals surface area contributed by atoms with Crippen molar-refractivity contribution in [2.45, 2.75) is 32.7 Å². The van der Waals surface area contributed by atoms with Gasteiger partial charge in [-0.25, -0.2) is 0 Å². The number of hydrogen-bond acceptors (Lipinski definition) is 2. The molecule has 0 spiro atoms. The standard InChI is InChI=1S/C20H19NO2/c1-12(2)20-11-15-10-14(13(3)22)8-9-18(15)21(20)19(23)16-6-4-5-7-17(16)20/h4-10,12H,11H2,1-3H3/t20-/m0/s1. The van der Waals surface area contributed by atoms with Crippen LogP contribution in [0.3, 0.4) is 0 Å². The Balaban J connectivity index is 1.96. The van der Waals surface area contributed by atoms with E-state index in [1.807, 2.05) is 41.3 Å². The Morgan fingerprint density at radius 1 is 1.17 bits per heavy atom. The van der Waals surface area contributed by atoms with Gasteiger partial charge in [-0.15, -0.1) is 0 Å². The van der Waals surface area contributed by atoms with Crippen LogP contribution in [0.15, 0.2) is 42.5 Å². The molecule has 4 rings (SSSR count). The monoisotopic (exact) mass is 305 g/mol. The molecule has 2 aromatic carbocycles. The largest absolute Gasteiger partial charge is 0.297 e. The molecular weight excluding hydrogens is 286 g/mol. The molecule has 2 heterocycles. The fraction of sp³-hybridized carbons (Fsp3) is 0.300. The molecule has 2 aliphatic rings. The van der Waals surface area contributed by atoms with E-state index in [0.717, 1.165) is 28.8 Å². The zero-order valence-electron chi connectivity index (χ0n) is 13.6. The SMILES string of the molecule is CC(=O)c1ccc2c(c1)C[C@]1(C(C)C)c3ccccc3C(=O)N21. The smallest absolute Gasteiger partial charge is 0.259 e. The van der Waals surface area contributed by atoms with Gasteiger partial charge in [0.1, 0.15) is 0 Å². The summed E-state index contributed by atoms with van der Waals surface area (Å²) in [6, 6.07) is 13.6. The van der Waals surface area contributed by atoms with E-state index in [2.05, 4.69) is 19.9 Å². The molecule has 116 valence electrons. The molecule has 3 nitrogen and oxygen atoms in total. The lowest BCUT2D eigenvalue weighted by Gasteiger charge is -2.37. The number of anilines is 1. The molecule has 0 saturated heterocycles. The lowest BCUT2D eigenvalue weighted by Crippen LogP contribution is -2.45. The predicted molar refractivity (Wildman–Crippen MR) is 89.9 cm³/mol. The van der Waals surface area contributed by atoms with Crippen LogP contribution in [-0.2, 0) is 12.0 Å². The molecular formula is C20H19NO2. The minimum absolute atomic E-state index is 0.0604. The normalized spacial score (nSPS) is 21.4. The van der Waals surface area contributed by atoms with Crippen molar-refractivity contribution >= 4 is 17.4 Å². The fourth-order valence-corrected chi connectivity index (χ4v) is 4.20. The van der Waals surface area contributed by atoms with Crippen molar-refractivity contribution in [3.05, 3.63) is 64.7 Å². The maximum atomic E-state index is 13.0. The first kappa shape index (κ1) is 14.2. The third-order valence-electron chi connectivity index (χ3n) is 5.37. The Kier molecular flexibility index (Phi) is 2.80. The van der Waals surface area contributed by atoms with E-state index < -0.39 is 0 Å². The zero-order valence-corrected chi connectivity index (χ0v) is 13.6. The van der Waals surface area contributed by atoms with Gasteiger partial charge in [-0.05, 0) is 48.2 Å². The third kappa shape index (κ3) is 1.65. The lowest BCUT2D eigenvalue weighted by atomic mass is 9.78. The summed E-state index contributed by atoms with van der Waals surface area (Å²) in [4.78, 5) is 26.7. The highest BCUT2D eigenvalue weighted by molar-refractivity contribution is 6.14. The molecule has 0 N–H and O–H groups in total. The molecule has 0 saturated carbocycles. The second-order valence-electron chi connectivity index (χ2n) is 6.84. The minimum atomic E-state index is -0.328. The van der Waals surface area contributed by atoms with Gasteiger partial charge in [0.2, 0.25) is 0 Å². The molecule has 0 aliphatic carbocycles. The van der Waals surface area contributed by atoms with Crippen molar-refractivity contribution in [3.63, 3.8) is 0 Å². The minimum Gasteiger partial charge on any atom is -0.297 e. The topological polar surface area (TPSA) is 37.4 Å². The summed E-state index contributed by atoms with van der Waals surface area (Å²) in [5.74, 6) is 0.414. The second-order valence-corrected chi connectivity index (χ2v) is 6.84. The highest BCUT2D eigenvalue weighted by Crippen LogP contribution is 2.54. The van der Waals surface area contributed by atoms with Crippen LogP contribution >= 0.6 is 0 Å². The van der Waals surface area contributed by atoms with Gasteiger partial charge in [-0.1, -0.05) is 32.0 Å². The zero-order chi connectivity index (χ0) is 16.4. The van der Waals surface area contributed by atoms with Crippen molar-refractivity contribution in [2.75, 3.05) is 4.90 Å². The first-order chi connectivity index (χ1) is 11.0. The molecule has 2 aromatic rings. The first-order valence-electron chi connectivity index (χ1n) is 8.04. The summed E-state index contributed by atoms with van der Waals surface area (Å²) < 4.78 is 0. The van der Waals surface area contributed by atoms with Crippen molar-refractivity contribution in [1.29, 1.82) is 0 Å². The highest BCUT2D eigenvalue weighted by Gasteiger charge is 2.56. The number of benzene rings is 2. The van der Waals surface area contributed by atoms with Crippen LogP contribution in [-0.4, -0.2) is 11.7 Å². The number of carbonyl (C=O) groups is 2. The Labute approximate surface area is 135 Å². The third-order valence-corrected chi connectivity index (χ3v) is 5.37. The summed E-state index contributed by atoms with van der Waals surface area (Å²) in [5.41, 5.74) is 4.34. The Morgan fingerprint density at radius 3 is 2.61 bits per heavy atom. The molecule has 0 fully saturated rings.